The number of aliphatic hydroxyl groups excluding tert-OH is 3. The van der Waals surface area contributed by atoms with Crippen LogP contribution in [0.2, 0.25) is 0 Å². The first-order chi connectivity index (χ1) is 24.4. The van der Waals surface area contributed by atoms with Crippen molar-refractivity contribution in [3.8, 4) is 5.75 Å². The number of cyclic esters (lactones) is 1. The quantitative estimate of drug-likeness (QED) is 0.0473. The van der Waals surface area contributed by atoms with Crippen LogP contribution in [0.1, 0.15) is 68.2 Å². The van der Waals surface area contributed by atoms with Crippen molar-refractivity contribution < 1.29 is 39.1 Å². The number of hydrogen-bond acceptors (Lipinski definition) is 9. The van der Waals surface area contributed by atoms with Crippen LogP contribution >= 0.6 is 0 Å². The highest BCUT2D eigenvalue weighted by Crippen LogP contribution is 2.30. The summed E-state index contributed by atoms with van der Waals surface area (Å²) in [5, 5.41) is 36.0. The number of nitrogens with zero attached hydrogens (tertiary/aromatic N) is 1. The van der Waals surface area contributed by atoms with Crippen molar-refractivity contribution in [1.29, 1.82) is 0 Å². The van der Waals surface area contributed by atoms with Crippen LogP contribution in [0, 0.1) is 35.5 Å². The molecule has 10 heteroatoms. The number of rotatable bonds is 20. The Morgan fingerprint density at radius 2 is 1.65 bits per heavy atom. The van der Waals surface area contributed by atoms with Crippen LogP contribution in [0.25, 0.3) is 0 Å². The highest BCUT2D eigenvalue weighted by molar-refractivity contribution is 5.88. The van der Waals surface area contributed by atoms with E-state index >= 15 is 0 Å². The SMILES string of the molecule is C=C/C=C\[C@H](C)[C@H](OC(=O)Nc1ccc(OCN(C)C)cc1)[C@@H](C)[C@H](O)[C@@H](C)C/C(C)=C\[C@H](C)[C@@H](O)[C@@H](C)/C=C\[C@@H](O)C[C@@H]1OC(=O)C(C)=C[C@H]1C. The molecule has 1 aliphatic rings. The number of benzene rings is 1. The van der Waals surface area contributed by atoms with Gasteiger partial charge in [-0.2, -0.15) is 0 Å². The van der Waals surface area contributed by atoms with Gasteiger partial charge in [0.25, 0.3) is 0 Å². The number of hydrogen-bond donors (Lipinski definition) is 4. The Morgan fingerprint density at radius 3 is 2.27 bits per heavy atom. The summed E-state index contributed by atoms with van der Waals surface area (Å²) >= 11 is 0. The van der Waals surface area contributed by atoms with E-state index in [2.05, 4.69) is 11.9 Å². The van der Waals surface area contributed by atoms with Crippen LogP contribution in [0.15, 0.2) is 84.5 Å². The fraction of sp³-hybridized carbons (Fsp3) is 0.571. The molecule has 1 aromatic rings. The molecule has 52 heavy (non-hydrogen) atoms. The summed E-state index contributed by atoms with van der Waals surface area (Å²) in [7, 11) is 3.82. The molecule has 1 aliphatic heterocycles. The Balaban J connectivity index is 2.00. The molecule has 4 N–H and O–H groups in total. The molecule has 0 spiro atoms. The third-order valence-corrected chi connectivity index (χ3v) is 9.60. The van der Waals surface area contributed by atoms with Gasteiger partial charge in [0.15, 0.2) is 0 Å². The highest BCUT2D eigenvalue weighted by Gasteiger charge is 2.34. The van der Waals surface area contributed by atoms with E-state index in [4.69, 9.17) is 14.2 Å². The first kappa shape index (κ1) is 44.5. The van der Waals surface area contributed by atoms with Crippen LogP contribution < -0.4 is 10.1 Å². The number of allylic oxidation sites excluding steroid dienone is 3. The minimum atomic E-state index is -0.813. The van der Waals surface area contributed by atoms with Gasteiger partial charge in [-0.05, 0) is 64.5 Å². The fourth-order valence-corrected chi connectivity index (χ4v) is 6.51. The number of amides is 1. The molecule has 0 bridgehead atoms. The van der Waals surface area contributed by atoms with E-state index in [1.54, 1.807) is 55.5 Å². The first-order valence-electron chi connectivity index (χ1n) is 18.4. The maximum Gasteiger partial charge on any atom is 0.411 e. The zero-order chi connectivity index (χ0) is 39.1. The van der Waals surface area contributed by atoms with Gasteiger partial charge in [0, 0.05) is 47.3 Å². The van der Waals surface area contributed by atoms with Crippen molar-refractivity contribution in [3.63, 3.8) is 0 Å². The average molecular weight is 725 g/mol. The number of nitrogens with one attached hydrogen (secondary N) is 1. The Kier molecular flexibility index (Phi) is 18.6. The van der Waals surface area contributed by atoms with Crippen molar-refractivity contribution in [2.24, 2.45) is 35.5 Å². The molecule has 0 aliphatic carbocycles. The number of ether oxygens (including phenoxy) is 3. The monoisotopic (exact) mass is 724 g/mol. The summed E-state index contributed by atoms with van der Waals surface area (Å²) in [6.07, 6.45) is 9.62. The van der Waals surface area contributed by atoms with Crippen LogP contribution in [0.5, 0.6) is 5.75 Å². The number of aliphatic hydroxyl groups is 3. The Labute approximate surface area is 311 Å². The van der Waals surface area contributed by atoms with E-state index in [0.29, 0.717) is 30.2 Å². The van der Waals surface area contributed by atoms with Gasteiger partial charge < -0.3 is 29.5 Å². The minimum Gasteiger partial charge on any atom is -0.478 e. The number of esters is 1. The summed E-state index contributed by atoms with van der Waals surface area (Å²) in [6.45, 7) is 19.5. The van der Waals surface area contributed by atoms with Crippen molar-refractivity contribution in [3.05, 3.63) is 84.5 Å². The fourth-order valence-electron chi connectivity index (χ4n) is 6.51. The molecule has 0 aromatic heterocycles. The molecule has 0 radical (unpaired) electrons. The summed E-state index contributed by atoms with van der Waals surface area (Å²) < 4.78 is 17.1. The summed E-state index contributed by atoms with van der Waals surface area (Å²) in [5.41, 5.74) is 2.16. The lowest BCUT2D eigenvalue weighted by Gasteiger charge is -2.34. The number of anilines is 1. The lowest BCUT2D eigenvalue weighted by atomic mass is 9.81. The molecule has 10 nitrogen and oxygen atoms in total. The van der Waals surface area contributed by atoms with Crippen molar-refractivity contribution in [1.82, 2.24) is 4.90 Å². The maximum absolute atomic E-state index is 13.1. The molecular weight excluding hydrogens is 660 g/mol. The first-order valence-corrected chi connectivity index (χ1v) is 18.4. The zero-order valence-electron chi connectivity index (χ0n) is 32.9. The Bertz CT molecular complexity index is 1400. The summed E-state index contributed by atoms with van der Waals surface area (Å²) in [4.78, 5) is 26.9. The second-order valence-electron chi connectivity index (χ2n) is 14.9. The maximum atomic E-state index is 13.1. The molecule has 11 atom stereocenters. The highest BCUT2D eigenvalue weighted by atomic mass is 16.6. The van der Waals surface area contributed by atoms with Crippen LogP contribution in [-0.2, 0) is 14.3 Å². The van der Waals surface area contributed by atoms with E-state index in [-0.39, 0.29) is 42.0 Å². The standard InChI is InChI=1S/C42H64N2O8/c1-12-13-14-28(4)40(52-42(49)43-34-16-19-36(20-17-34)50-25-44(10)11)33(9)39(47)31(7)22-26(2)21-30(6)38(46)27(3)15-18-35(45)24-37-29(5)23-32(8)41(48)51-37/h12-21,23,27-31,33,35,37-40,45-47H,1,22,24-25H2,2-11H3,(H,43,49)/b14-13-,18-15-,26-21-/t27-,28-,29+,30-,31-,33-,35+,37-,38-,39+,40-/m0/s1. The lowest BCUT2D eigenvalue weighted by molar-refractivity contribution is -0.149. The van der Waals surface area contributed by atoms with E-state index in [1.165, 1.54) is 0 Å². The molecule has 0 saturated carbocycles. The number of carbonyl (C=O) groups is 2. The van der Waals surface area contributed by atoms with Gasteiger partial charge in [-0.1, -0.05) is 96.2 Å². The predicted molar refractivity (Wildman–Crippen MR) is 208 cm³/mol. The lowest BCUT2D eigenvalue weighted by Crippen LogP contribution is -2.41. The van der Waals surface area contributed by atoms with E-state index in [9.17, 15) is 24.9 Å². The van der Waals surface area contributed by atoms with Gasteiger partial charge in [-0.25, -0.2) is 9.59 Å². The molecule has 0 fully saturated rings. The molecule has 0 unspecified atom stereocenters. The predicted octanol–water partition coefficient (Wildman–Crippen LogP) is 7.30. The van der Waals surface area contributed by atoms with Crippen molar-refractivity contribution in [2.45, 2.75) is 98.8 Å². The van der Waals surface area contributed by atoms with Gasteiger partial charge in [-0.3, -0.25) is 10.2 Å². The smallest absolute Gasteiger partial charge is 0.411 e. The van der Waals surface area contributed by atoms with E-state index in [1.807, 2.05) is 85.7 Å². The topological polar surface area (TPSA) is 138 Å². The van der Waals surface area contributed by atoms with Gasteiger partial charge in [0.2, 0.25) is 0 Å². The molecule has 1 amide bonds. The van der Waals surface area contributed by atoms with Crippen molar-refractivity contribution >= 4 is 17.7 Å². The zero-order valence-corrected chi connectivity index (χ0v) is 32.9. The normalized spacial score (nSPS) is 22.1. The third-order valence-electron chi connectivity index (χ3n) is 9.60. The van der Waals surface area contributed by atoms with Gasteiger partial charge in [-0.15, -0.1) is 0 Å². The molecular formula is C42H64N2O8. The second-order valence-corrected chi connectivity index (χ2v) is 14.9. The average Bonchev–Trinajstić information content (AvgIpc) is 3.09. The minimum absolute atomic E-state index is 0.0131. The molecule has 290 valence electrons. The molecule has 1 aromatic carbocycles. The van der Waals surface area contributed by atoms with Crippen LogP contribution in [0.4, 0.5) is 10.5 Å². The van der Waals surface area contributed by atoms with Gasteiger partial charge in [0.1, 0.15) is 24.7 Å². The van der Waals surface area contributed by atoms with E-state index in [0.717, 1.165) is 5.57 Å². The van der Waals surface area contributed by atoms with Crippen LogP contribution in [0.3, 0.4) is 0 Å². The van der Waals surface area contributed by atoms with Gasteiger partial charge in [0.05, 0.1) is 18.3 Å². The largest absolute Gasteiger partial charge is 0.478 e. The second kappa shape index (κ2) is 21.7. The molecule has 2 rings (SSSR count). The molecule has 0 saturated heterocycles. The van der Waals surface area contributed by atoms with Crippen molar-refractivity contribution in [2.75, 3.05) is 26.1 Å². The Morgan fingerprint density at radius 1 is 1.00 bits per heavy atom. The van der Waals surface area contributed by atoms with E-state index < -0.39 is 42.5 Å². The Hall–Kier alpha value is -3.70. The summed E-state index contributed by atoms with van der Waals surface area (Å²) in [6, 6.07) is 7.03. The molecule has 1 heterocycles. The third kappa shape index (κ3) is 14.7. The van der Waals surface area contributed by atoms with Gasteiger partial charge >= 0.3 is 12.1 Å². The summed E-state index contributed by atoms with van der Waals surface area (Å²) in [5.74, 6) is -0.873. The van der Waals surface area contributed by atoms with Crippen LogP contribution in [-0.4, -0.2) is 83.6 Å². The number of carbonyl (C=O) groups excluding carboxylic acids is 2.